The highest BCUT2D eigenvalue weighted by Gasteiger charge is 2.33. The highest BCUT2D eigenvalue weighted by atomic mass is 19.4. The Morgan fingerprint density at radius 1 is 0.957 bits per heavy atom. The minimum Gasteiger partial charge on any atom is -0.352 e. The molecule has 1 aliphatic rings. The second kappa shape index (κ2) is 12.8. The van der Waals surface area contributed by atoms with Crippen molar-refractivity contribution in [2.45, 2.75) is 52.3 Å². The Kier molecular flexibility index (Phi) is 8.62. The molecule has 0 radical (unpaired) electrons. The number of hydrogen-bond acceptors (Lipinski definition) is 6. The topological polar surface area (TPSA) is 82.6 Å². The van der Waals surface area contributed by atoms with E-state index in [1.165, 1.54) is 0 Å². The summed E-state index contributed by atoms with van der Waals surface area (Å²) in [5, 5.41) is 11.5. The van der Waals surface area contributed by atoms with E-state index in [-0.39, 0.29) is 11.6 Å². The molecule has 0 unspecified atom stereocenters. The van der Waals surface area contributed by atoms with Crippen LogP contribution in [0.15, 0.2) is 91.9 Å². The first-order valence-corrected chi connectivity index (χ1v) is 15.4. The van der Waals surface area contributed by atoms with Crippen molar-refractivity contribution >= 4 is 28.1 Å². The summed E-state index contributed by atoms with van der Waals surface area (Å²) in [6, 6.07) is 17.8. The van der Waals surface area contributed by atoms with Gasteiger partial charge < -0.3 is 10.2 Å². The number of para-hydroxylation sites is 1. The van der Waals surface area contributed by atoms with Gasteiger partial charge >= 0.3 is 6.18 Å². The third-order valence-electron chi connectivity index (χ3n) is 8.60. The van der Waals surface area contributed by atoms with Crippen molar-refractivity contribution in [2.24, 2.45) is 11.8 Å². The molecule has 0 amide bonds. The number of benzene rings is 1. The Hall–Kier alpha value is -4.99. The van der Waals surface area contributed by atoms with Gasteiger partial charge in [-0.05, 0) is 79.1 Å². The molecule has 0 saturated heterocycles. The number of rotatable bonds is 9. The largest absolute Gasteiger partial charge is 0.433 e. The number of anilines is 2. The van der Waals surface area contributed by atoms with Gasteiger partial charge in [0.25, 0.3) is 0 Å². The van der Waals surface area contributed by atoms with Crippen molar-refractivity contribution in [3.63, 3.8) is 0 Å². The number of hydrogen-bond donors (Lipinski definition) is 2. The summed E-state index contributed by atoms with van der Waals surface area (Å²) in [6.45, 7) is 13.1. The van der Waals surface area contributed by atoms with Gasteiger partial charge in [0.15, 0.2) is 0 Å². The van der Waals surface area contributed by atoms with Crippen LogP contribution in [0.5, 0.6) is 0 Å². The molecule has 1 aliphatic carbocycles. The van der Waals surface area contributed by atoms with E-state index in [9.17, 15) is 13.2 Å². The number of nitrogens with one attached hydrogen (secondary N) is 2. The summed E-state index contributed by atoms with van der Waals surface area (Å²) in [5.74, 6) is 1.55. The van der Waals surface area contributed by atoms with Gasteiger partial charge in [-0.15, -0.1) is 0 Å². The van der Waals surface area contributed by atoms with Gasteiger partial charge in [0, 0.05) is 17.3 Å². The van der Waals surface area contributed by atoms with Crippen LogP contribution in [0.3, 0.4) is 0 Å². The van der Waals surface area contributed by atoms with Crippen LogP contribution in [0, 0.1) is 18.8 Å². The predicted molar refractivity (Wildman–Crippen MR) is 177 cm³/mol. The summed E-state index contributed by atoms with van der Waals surface area (Å²) in [6.07, 6.45) is 3.32. The van der Waals surface area contributed by atoms with Crippen LogP contribution < -0.4 is 10.2 Å². The molecule has 1 aromatic carbocycles. The Bertz CT molecular complexity index is 1870. The maximum atomic E-state index is 13.6. The molecule has 2 N–H and O–H groups in total. The molecule has 236 valence electrons. The molecule has 10 heteroatoms. The fraction of sp³-hybridized carbons (Fsp3) is 0.278. The molecule has 1 saturated carbocycles. The van der Waals surface area contributed by atoms with Crippen LogP contribution in [0.1, 0.15) is 55.1 Å². The number of pyridine rings is 3. The second-order valence-corrected chi connectivity index (χ2v) is 12.1. The number of halogens is 3. The Labute approximate surface area is 266 Å². The van der Waals surface area contributed by atoms with E-state index < -0.39 is 11.9 Å². The van der Waals surface area contributed by atoms with Crippen LogP contribution in [0.2, 0.25) is 0 Å². The van der Waals surface area contributed by atoms with Crippen LogP contribution in [-0.4, -0.2) is 25.1 Å². The lowest BCUT2D eigenvalue weighted by molar-refractivity contribution is -0.141. The molecule has 0 atom stereocenters. The first kappa shape index (κ1) is 31.0. The van der Waals surface area contributed by atoms with Gasteiger partial charge in [-0.3, -0.25) is 10.1 Å². The summed E-state index contributed by atoms with van der Waals surface area (Å²) >= 11 is 0. The molecule has 5 aromatic rings. The molecule has 4 aromatic heterocycles. The van der Waals surface area contributed by atoms with E-state index in [0.29, 0.717) is 40.9 Å². The van der Waals surface area contributed by atoms with Gasteiger partial charge in [0.2, 0.25) is 0 Å². The van der Waals surface area contributed by atoms with Gasteiger partial charge in [-0.25, -0.2) is 9.97 Å². The maximum Gasteiger partial charge on any atom is 0.433 e. The first-order chi connectivity index (χ1) is 22.0. The average Bonchev–Trinajstić information content (AvgIpc) is 3.53. The van der Waals surface area contributed by atoms with Crippen molar-refractivity contribution in [1.29, 1.82) is 0 Å². The molecule has 0 aliphatic heterocycles. The van der Waals surface area contributed by atoms with E-state index in [4.69, 9.17) is 9.97 Å². The summed E-state index contributed by atoms with van der Waals surface area (Å²) in [7, 11) is 0. The number of aryl methyl sites for hydroxylation is 1. The zero-order chi connectivity index (χ0) is 32.4. The number of aromatic amines is 1. The Morgan fingerprint density at radius 2 is 1.74 bits per heavy atom. The third kappa shape index (κ3) is 6.80. The summed E-state index contributed by atoms with van der Waals surface area (Å²) < 4.78 is 40.7. The van der Waals surface area contributed by atoms with Crippen LogP contribution in [0.4, 0.5) is 24.7 Å². The smallest absolute Gasteiger partial charge is 0.352 e. The normalized spacial score (nSPS) is 16.7. The molecule has 0 spiro atoms. The van der Waals surface area contributed by atoms with E-state index >= 15 is 0 Å². The predicted octanol–water partition coefficient (Wildman–Crippen LogP) is 9.17. The molecule has 7 nitrogen and oxygen atoms in total. The van der Waals surface area contributed by atoms with Gasteiger partial charge in [0.1, 0.15) is 11.5 Å². The summed E-state index contributed by atoms with van der Waals surface area (Å²) in [5.41, 5.74) is 5.01. The Balaban J connectivity index is 1.27. The molecule has 4 heterocycles. The van der Waals surface area contributed by atoms with Gasteiger partial charge in [0.05, 0.1) is 46.7 Å². The molecule has 1 fully saturated rings. The van der Waals surface area contributed by atoms with Crippen molar-refractivity contribution in [1.82, 2.24) is 25.1 Å². The van der Waals surface area contributed by atoms with Crippen LogP contribution >= 0.6 is 0 Å². The molecular weight excluding hydrogens is 587 g/mol. The van der Waals surface area contributed by atoms with Crippen molar-refractivity contribution in [3.05, 3.63) is 114 Å². The SMILES string of the molecule is C=C(Nc1cccc2cn[nH]c12)c1ccc(CN(C(=C)C2CCC(C)CC2)c2cccc(-c3cc(C)cc(C(F)(F)F)n3)n2)cn1. The number of H-pyrrole nitrogens is 1. The van der Waals surface area contributed by atoms with Crippen molar-refractivity contribution in [3.8, 4) is 11.4 Å². The lowest BCUT2D eigenvalue weighted by Crippen LogP contribution is -2.29. The zero-order valence-electron chi connectivity index (χ0n) is 25.9. The van der Waals surface area contributed by atoms with Crippen molar-refractivity contribution in [2.75, 3.05) is 10.2 Å². The standard InChI is InChI=1S/C36H36F3N7/c1-22-11-14-27(15-12-22)25(4)46(34-10-6-8-30(44-34)32-17-23(2)18-33(43-32)36(37,38)39)21-26-13-16-29(40-19-26)24(3)42-31-9-5-7-28-20-41-45-35(28)31/h5-10,13,16-20,22,27,42H,3-4,11-12,14-15,21H2,1-2H3,(H,41,45). The minimum atomic E-state index is -4.55. The zero-order valence-corrected chi connectivity index (χ0v) is 25.9. The van der Waals surface area contributed by atoms with E-state index in [1.807, 2.05) is 42.6 Å². The quantitative estimate of drug-likeness (QED) is 0.170. The fourth-order valence-corrected chi connectivity index (χ4v) is 5.98. The number of nitrogens with zero attached hydrogens (tertiary/aromatic N) is 5. The molecular formula is C36H36F3N7. The second-order valence-electron chi connectivity index (χ2n) is 12.1. The summed E-state index contributed by atoms with van der Waals surface area (Å²) in [4.78, 5) is 15.5. The van der Waals surface area contributed by atoms with E-state index in [1.54, 1.807) is 31.3 Å². The first-order valence-electron chi connectivity index (χ1n) is 15.4. The molecule has 46 heavy (non-hydrogen) atoms. The number of alkyl halides is 3. The Morgan fingerprint density at radius 3 is 2.48 bits per heavy atom. The van der Waals surface area contributed by atoms with E-state index in [0.717, 1.165) is 59.6 Å². The molecule has 0 bridgehead atoms. The molecule has 6 rings (SSSR count). The van der Waals surface area contributed by atoms with E-state index in [2.05, 4.69) is 45.5 Å². The van der Waals surface area contributed by atoms with Gasteiger partial charge in [-0.1, -0.05) is 57.2 Å². The number of aromatic nitrogens is 5. The van der Waals surface area contributed by atoms with Crippen LogP contribution in [-0.2, 0) is 12.7 Å². The monoisotopic (exact) mass is 623 g/mol. The highest BCUT2D eigenvalue weighted by molar-refractivity contribution is 5.93. The highest BCUT2D eigenvalue weighted by Crippen LogP contribution is 2.37. The van der Waals surface area contributed by atoms with Crippen LogP contribution in [0.25, 0.3) is 28.0 Å². The van der Waals surface area contributed by atoms with Crippen molar-refractivity contribution < 1.29 is 13.2 Å². The lowest BCUT2D eigenvalue weighted by Gasteiger charge is -2.35. The number of allylic oxidation sites excluding steroid dienone is 1. The number of fused-ring (bicyclic) bond motifs is 1. The third-order valence-corrected chi connectivity index (χ3v) is 8.60. The maximum absolute atomic E-state index is 13.6. The van der Waals surface area contributed by atoms with Gasteiger partial charge in [-0.2, -0.15) is 18.3 Å². The fourth-order valence-electron chi connectivity index (χ4n) is 5.98. The lowest BCUT2D eigenvalue weighted by atomic mass is 9.81. The minimum absolute atomic E-state index is 0.175. The average molecular weight is 624 g/mol.